The number of amides is 1. The Labute approximate surface area is 151 Å². The molecule has 3 aromatic rings. The maximum absolute atomic E-state index is 12.2. The fraction of sp³-hybridized carbons (Fsp3) is 0.316. The van der Waals surface area contributed by atoms with E-state index in [1.807, 2.05) is 62.1 Å². The van der Waals surface area contributed by atoms with E-state index in [-0.39, 0.29) is 5.91 Å². The molecule has 3 rings (SSSR count). The summed E-state index contributed by atoms with van der Waals surface area (Å²) < 4.78 is 1.86. The Morgan fingerprint density at radius 3 is 2.48 bits per heavy atom. The molecule has 0 bridgehead atoms. The molecule has 25 heavy (non-hydrogen) atoms. The number of aryl methyl sites for hydroxylation is 3. The molecular formula is C19H22N4OS. The number of anilines is 1. The van der Waals surface area contributed by atoms with Gasteiger partial charge in [0.1, 0.15) is 0 Å². The van der Waals surface area contributed by atoms with Gasteiger partial charge in [-0.3, -0.25) is 9.48 Å². The largest absolute Gasteiger partial charge is 0.326 e. The Kier molecular flexibility index (Phi) is 4.99. The van der Waals surface area contributed by atoms with Gasteiger partial charge in [-0.1, -0.05) is 12.1 Å². The molecule has 0 aliphatic carbocycles. The first-order chi connectivity index (χ1) is 11.9. The summed E-state index contributed by atoms with van der Waals surface area (Å²) in [6.45, 7) is 6.01. The van der Waals surface area contributed by atoms with Crippen molar-refractivity contribution in [3.8, 4) is 11.3 Å². The average molecular weight is 354 g/mol. The molecule has 0 aliphatic rings. The predicted octanol–water partition coefficient (Wildman–Crippen LogP) is 4.04. The molecule has 2 heterocycles. The van der Waals surface area contributed by atoms with E-state index >= 15 is 0 Å². The summed E-state index contributed by atoms with van der Waals surface area (Å²) in [5.41, 5.74) is 6.11. The maximum atomic E-state index is 12.2. The summed E-state index contributed by atoms with van der Waals surface area (Å²) in [6, 6.07) is 7.81. The number of nitrogens with one attached hydrogen (secondary N) is 1. The number of hydrogen-bond acceptors (Lipinski definition) is 4. The molecule has 0 atom stereocenters. The Hall–Kier alpha value is -2.47. The van der Waals surface area contributed by atoms with Crippen LogP contribution in [0.25, 0.3) is 11.3 Å². The first-order valence-corrected chi connectivity index (χ1v) is 9.13. The van der Waals surface area contributed by atoms with Crippen LogP contribution in [0.3, 0.4) is 0 Å². The lowest BCUT2D eigenvalue weighted by atomic mass is 10.1. The highest BCUT2D eigenvalue weighted by Gasteiger charge is 2.11. The lowest BCUT2D eigenvalue weighted by Gasteiger charge is -2.06. The van der Waals surface area contributed by atoms with Gasteiger partial charge in [-0.2, -0.15) is 5.10 Å². The van der Waals surface area contributed by atoms with Crippen molar-refractivity contribution >= 4 is 22.9 Å². The Bertz CT molecular complexity index is 893. The van der Waals surface area contributed by atoms with Gasteiger partial charge in [0.15, 0.2) is 0 Å². The number of thiazole rings is 1. The van der Waals surface area contributed by atoms with E-state index in [0.717, 1.165) is 38.9 Å². The fourth-order valence-corrected chi connectivity index (χ4v) is 3.48. The lowest BCUT2D eigenvalue weighted by Crippen LogP contribution is -2.12. The van der Waals surface area contributed by atoms with Crippen molar-refractivity contribution in [3.63, 3.8) is 0 Å². The summed E-state index contributed by atoms with van der Waals surface area (Å²) in [4.78, 5) is 16.7. The third kappa shape index (κ3) is 3.96. The molecule has 2 aromatic heterocycles. The molecule has 0 unspecified atom stereocenters. The summed E-state index contributed by atoms with van der Waals surface area (Å²) in [5, 5.41) is 10.4. The maximum Gasteiger partial charge on any atom is 0.224 e. The van der Waals surface area contributed by atoms with Gasteiger partial charge in [0, 0.05) is 35.8 Å². The van der Waals surface area contributed by atoms with Crippen LogP contribution in [0.2, 0.25) is 0 Å². The van der Waals surface area contributed by atoms with E-state index in [1.165, 1.54) is 0 Å². The quantitative estimate of drug-likeness (QED) is 0.752. The van der Waals surface area contributed by atoms with Crippen molar-refractivity contribution in [1.29, 1.82) is 0 Å². The zero-order valence-electron chi connectivity index (χ0n) is 15.0. The highest BCUT2D eigenvalue weighted by atomic mass is 32.1. The fourth-order valence-electron chi connectivity index (χ4n) is 2.86. The second-order valence-electron chi connectivity index (χ2n) is 6.15. The van der Waals surface area contributed by atoms with E-state index in [1.54, 1.807) is 11.3 Å². The lowest BCUT2D eigenvalue weighted by molar-refractivity contribution is -0.116. The van der Waals surface area contributed by atoms with Gasteiger partial charge in [0.2, 0.25) is 5.91 Å². The van der Waals surface area contributed by atoms with Gasteiger partial charge < -0.3 is 5.32 Å². The SMILES string of the molecule is Cc1nc(-c2ccc(NC(=O)CCc3c(C)nn(C)c3C)cc2)cs1. The van der Waals surface area contributed by atoms with Crippen LogP contribution in [0, 0.1) is 20.8 Å². The Balaban J connectivity index is 1.59. The van der Waals surface area contributed by atoms with Crippen molar-refractivity contribution in [3.05, 3.63) is 51.6 Å². The first-order valence-electron chi connectivity index (χ1n) is 8.25. The van der Waals surface area contributed by atoms with Crippen LogP contribution in [-0.2, 0) is 18.3 Å². The highest BCUT2D eigenvalue weighted by Crippen LogP contribution is 2.23. The number of hydrogen-bond donors (Lipinski definition) is 1. The highest BCUT2D eigenvalue weighted by molar-refractivity contribution is 7.09. The van der Waals surface area contributed by atoms with Crippen LogP contribution < -0.4 is 5.32 Å². The van der Waals surface area contributed by atoms with Gasteiger partial charge in [-0.15, -0.1) is 11.3 Å². The molecule has 0 saturated carbocycles. The Morgan fingerprint density at radius 1 is 1.20 bits per heavy atom. The van der Waals surface area contributed by atoms with E-state index < -0.39 is 0 Å². The van der Waals surface area contributed by atoms with E-state index in [9.17, 15) is 4.79 Å². The summed E-state index contributed by atoms with van der Waals surface area (Å²) >= 11 is 1.63. The summed E-state index contributed by atoms with van der Waals surface area (Å²) in [7, 11) is 1.93. The second kappa shape index (κ2) is 7.19. The van der Waals surface area contributed by atoms with Crippen LogP contribution in [-0.4, -0.2) is 20.7 Å². The summed E-state index contributed by atoms with van der Waals surface area (Å²) in [6.07, 6.45) is 1.15. The number of carbonyl (C=O) groups is 1. The minimum Gasteiger partial charge on any atom is -0.326 e. The van der Waals surface area contributed by atoms with Gasteiger partial charge in [0.05, 0.1) is 16.4 Å². The molecule has 1 aromatic carbocycles. The van der Waals surface area contributed by atoms with Crippen LogP contribution >= 0.6 is 11.3 Å². The zero-order valence-corrected chi connectivity index (χ0v) is 15.8. The van der Waals surface area contributed by atoms with Crippen molar-refractivity contribution in [2.45, 2.75) is 33.6 Å². The summed E-state index contributed by atoms with van der Waals surface area (Å²) in [5.74, 6) is 0.0138. The van der Waals surface area contributed by atoms with Gasteiger partial charge in [-0.25, -0.2) is 4.98 Å². The normalized spacial score (nSPS) is 10.9. The van der Waals surface area contributed by atoms with E-state index in [0.29, 0.717) is 12.8 Å². The molecule has 1 amide bonds. The molecule has 0 saturated heterocycles. The van der Waals surface area contributed by atoms with E-state index in [2.05, 4.69) is 15.4 Å². The number of carbonyl (C=O) groups excluding carboxylic acids is 1. The van der Waals surface area contributed by atoms with Gasteiger partial charge in [0.25, 0.3) is 0 Å². The minimum absolute atomic E-state index is 0.0138. The third-order valence-corrected chi connectivity index (χ3v) is 5.12. The molecular weight excluding hydrogens is 332 g/mol. The van der Waals surface area contributed by atoms with E-state index in [4.69, 9.17) is 0 Å². The number of benzene rings is 1. The van der Waals surface area contributed by atoms with Crippen LogP contribution in [0.4, 0.5) is 5.69 Å². The van der Waals surface area contributed by atoms with Crippen LogP contribution in [0.1, 0.15) is 28.4 Å². The molecule has 0 aliphatic heterocycles. The Morgan fingerprint density at radius 2 is 1.92 bits per heavy atom. The third-order valence-electron chi connectivity index (χ3n) is 4.34. The molecule has 1 N–H and O–H groups in total. The smallest absolute Gasteiger partial charge is 0.224 e. The van der Waals surface area contributed by atoms with Crippen LogP contribution in [0.15, 0.2) is 29.6 Å². The van der Waals surface area contributed by atoms with Crippen LogP contribution in [0.5, 0.6) is 0 Å². The first kappa shape index (κ1) is 17.4. The molecule has 6 heteroatoms. The molecule has 130 valence electrons. The number of aromatic nitrogens is 3. The van der Waals surface area contributed by atoms with Gasteiger partial charge in [-0.05, 0) is 44.9 Å². The average Bonchev–Trinajstić information content (AvgIpc) is 3.11. The molecule has 0 fully saturated rings. The van der Waals surface area contributed by atoms with Gasteiger partial charge >= 0.3 is 0 Å². The van der Waals surface area contributed by atoms with Crippen molar-refractivity contribution in [2.24, 2.45) is 7.05 Å². The topological polar surface area (TPSA) is 59.8 Å². The zero-order chi connectivity index (χ0) is 18.0. The standard InChI is InChI=1S/C19H22N4OS/c1-12-17(13(2)23(4)22-12)9-10-19(24)21-16-7-5-15(6-8-16)18-11-25-14(3)20-18/h5-8,11H,9-10H2,1-4H3,(H,21,24). The van der Waals surface area contributed by atoms with Crippen molar-refractivity contribution in [1.82, 2.24) is 14.8 Å². The second-order valence-corrected chi connectivity index (χ2v) is 7.21. The molecule has 0 radical (unpaired) electrons. The molecule has 5 nitrogen and oxygen atoms in total. The monoisotopic (exact) mass is 354 g/mol. The van der Waals surface area contributed by atoms with Crippen molar-refractivity contribution in [2.75, 3.05) is 5.32 Å². The minimum atomic E-state index is 0.0138. The number of rotatable bonds is 5. The molecule has 0 spiro atoms. The predicted molar refractivity (Wildman–Crippen MR) is 102 cm³/mol. The number of nitrogens with zero attached hydrogens (tertiary/aromatic N) is 3. The van der Waals surface area contributed by atoms with Crippen molar-refractivity contribution < 1.29 is 4.79 Å².